The van der Waals surface area contributed by atoms with Gasteiger partial charge in [-0.25, -0.2) is 4.98 Å². The van der Waals surface area contributed by atoms with Crippen LogP contribution in [-0.4, -0.2) is 39.1 Å². The van der Waals surface area contributed by atoms with Crippen molar-refractivity contribution in [2.24, 2.45) is 0 Å². The summed E-state index contributed by atoms with van der Waals surface area (Å²) < 4.78 is 5.07. The number of aliphatic carboxylic acids is 1. The first-order valence-corrected chi connectivity index (χ1v) is 6.45. The summed E-state index contributed by atoms with van der Waals surface area (Å²) in [5, 5.41) is 17.5. The number of H-pyrrole nitrogens is 1. The first-order chi connectivity index (χ1) is 8.19. The normalized spacial score (nSPS) is 10.4. The average molecular weight is 271 g/mol. The lowest BCUT2D eigenvalue weighted by atomic mass is 10.4. The van der Waals surface area contributed by atoms with Crippen LogP contribution in [0.3, 0.4) is 0 Å². The van der Waals surface area contributed by atoms with E-state index in [2.05, 4.69) is 15.2 Å². The molecule has 2 heterocycles. The van der Waals surface area contributed by atoms with Gasteiger partial charge in [-0.2, -0.15) is 0 Å². The maximum Gasteiger partial charge on any atom is 0.313 e. The van der Waals surface area contributed by atoms with Gasteiger partial charge in [0.1, 0.15) is 5.75 Å². The lowest BCUT2D eigenvalue weighted by molar-refractivity contribution is -0.133. The summed E-state index contributed by atoms with van der Waals surface area (Å²) in [7, 11) is 1.60. The van der Waals surface area contributed by atoms with E-state index in [4.69, 9.17) is 9.84 Å². The summed E-state index contributed by atoms with van der Waals surface area (Å²) in [6, 6.07) is 1.84. The fourth-order valence-corrected chi connectivity index (χ4v) is 2.41. The van der Waals surface area contributed by atoms with E-state index in [0.717, 1.165) is 22.4 Å². The molecule has 0 aliphatic carbocycles. The molecular formula is C9H9N3O3S2. The highest BCUT2D eigenvalue weighted by molar-refractivity contribution is 7.99. The molecule has 0 fully saturated rings. The number of nitrogens with one attached hydrogen (secondary N) is 1. The molecule has 0 unspecified atom stereocenters. The van der Waals surface area contributed by atoms with Gasteiger partial charge in [-0.05, 0) is 0 Å². The monoisotopic (exact) mass is 271 g/mol. The van der Waals surface area contributed by atoms with Crippen LogP contribution in [0.1, 0.15) is 0 Å². The maximum atomic E-state index is 10.4. The van der Waals surface area contributed by atoms with Gasteiger partial charge in [0.25, 0.3) is 0 Å². The number of carboxylic acids is 1. The van der Waals surface area contributed by atoms with Gasteiger partial charge in [-0.15, -0.1) is 16.4 Å². The predicted molar refractivity (Wildman–Crippen MR) is 64.6 cm³/mol. The van der Waals surface area contributed by atoms with Crippen molar-refractivity contribution in [1.29, 1.82) is 0 Å². The van der Waals surface area contributed by atoms with E-state index in [-0.39, 0.29) is 5.75 Å². The van der Waals surface area contributed by atoms with Crippen molar-refractivity contribution in [2.45, 2.75) is 5.16 Å². The zero-order chi connectivity index (χ0) is 12.3. The first-order valence-electron chi connectivity index (χ1n) is 4.59. The van der Waals surface area contributed by atoms with Crippen molar-refractivity contribution in [1.82, 2.24) is 15.2 Å². The Morgan fingerprint density at radius 3 is 3.18 bits per heavy atom. The van der Waals surface area contributed by atoms with Gasteiger partial charge < -0.3 is 9.84 Å². The molecule has 6 nitrogen and oxygen atoms in total. The van der Waals surface area contributed by atoms with Gasteiger partial charge in [-0.3, -0.25) is 9.89 Å². The molecule has 0 saturated carbocycles. The Kier molecular flexibility index (Phi) is 3.64. The number of carboxylic acid groups (broad SMARTS) is 1. The van der Waals surface area contributed by atoms with Gasteiger partial charge in [-0.1, -0.05) is 11.8 Å². The smallest absolute Gasteiger partial charge is 0.313 e. The molecule has 0 amide bonds. The molecule has 17 heavy (non-hydrogen) atoms. The standard InChI is InChI=1S/C9H9N3O3S2/c1-15-5-2-6(16-3-5)8-10-9(12-11-8)17-4-7(13)14/h2-3H,4H2,1H3,(H,13,14)(H,10,11,12). The van der Waals surface area contributed by atoms with E-state index >= 15 is 0 Å². The van der Waals surface area contributed by atoms with Gasteiger partial charge in [0.2, 0.25) is 5.16 Å². The Morgan fingerprint density at radius 1 is 1.71 bits per heavy atom. The summed E-state index contributed by atoms with van der Waals surface area (Å²) in [6.07, 6.45) is 0. The molecule has 2 aromatic rings. The third-order valence-electron chi connectivity index (χ3n) is 1.83. The third kappa shape index (κ3) is 2.98. The number of ether oxygens (including phenoxy) is 1. The van der Waals surface area contributed by atoms with E-state index in [0.29, 0.717) is 11.0 Å². The molecule has 0 aromatic carbocycles. The van der Waals surface area contributed by atoms with Crippen LogP contribution >= 0.6 is 23.1 Å². The zero-order valence-corrected chi connectivity index (χ0v) is 10.5. The Labute approximate surface area is 105 Å². The number of carbonyl (C=O) groups is 1. The molecule has 0 bridgehead atoms. The van der Waals surface area contributed by atoms with Crippen LogP contribution in [0.5, 0.6) is 5.75 Å². The van der Waals surface area contributed by atoms with Crippen LogP contribution in [0.2, 0.25) is 0 Å². The summed E-state index contributed by atoms with van der Waals surface area (Å²) in [5.74, 6) is 0.442. The lowest BCUT2D eigenvalue weighted by Crippen LogP contribution is -1.97. The Balaban J connectivity index is 2.09. The van der Waals surface area contributed by atoms with Crippen molar-refractivity contribution in [3.63, 3.8) is 0 Å². The molecule has 8 heteroatoms. The van der Waals surface area contributed by atoms with Crippen molar-refractivity contribution < 1.29 is 14.6 Å². The van der Waals surface area contributed by atoms with Crippen LogP contribution < -0.4 is 4.74 Å². The van der Waals surface area contributed by atoms with Crippen LogP contribution in [0.25, 0.3) is 10.7 Å². The van der Waals surface area contributed by atoms with Crippen LogP contribution in [0, 0.1) is 0 Å². The second-order valence-electron chi connectivity index (χ2n) is 3.00. The van der Waals surface area contributed by atoms with Crippen molar-refractivity contribution in [2.75, 3.05) is 12.9 Å². The second kappa shape index (κ2) is 5.19. The molecule has 0 aliphatic heterocycles. The van der Waals surface area contributed by atoms with Crippen molar-refractivity contribution >= 4 is 29.1 Å². The molecule has 90 valence electrons. The quantitative estimate of drug-likeness (QED) is 0.805. The molecule has 0 atom stereocenters. The number of hydrogen-bond acceptors (Lipinski definition) is 6. The minimum atomic E-state index is -0.890. The minimum absolute atomic E-state index is 0.0505. The number of aromatic nitrogens is 3. The topological polar surface area (TPSA) is 88.1 Å². The molecular weight excluding hydrogens is 262 g/mol. The van der Waals surface area contributed by atoms with Crippen LogP contribution in [0.4, 0.5) is 0 Å². The highest BCUT2D eigenvalue weighted by Gasteiger charge is 2.10. The fraction of sp³-hybridized carbons (Fsp3) is 0.222. The van der Waals surface area contributed by atoms with E-state index in [1.807, 2.05) is 11.4 Å². The molecule has 2 aromatic heterocycles. The van der Waals surface area contributed by atoms with Gasteiger partial charge in [0.05, 0.1) is 17.7 Å². The average Bonchev–Trinajstić information content (AvgIpc) is 2.94. The summed E-state index contributed by atoms with van der Waals surface area (Å²) >= 11 is 2.56. The number of aromatic amines is 1. The maximum absolute atomic E-state index is 10.4. The Bertz CT molecular complexity index is 523. The largest absolute Gasteiger partial charge is 0.496 e. The van der Waals surface area contributed by atoms with E-state index < -0.39 is 5.97 Å². The van der Waals surface area contributed by atoms with Gasteiger partial charge in [0.15, 0.2) is 5.82 Å². The first kappa shape index (κ1) is 11.9. The number of methoxy groups -OCH3 is 1. The van der Waals surface area contributed by atoms with Crippen LogP contribution in [0.15, 0.2) is 16.6 Å². The fourth-order valence-electron chi connectivity index (χ4n) is 1.10. The Morgan fingerprint density at radius 2 is 2.53 bits per heavy atom. The molecule has 0 spiro atoms. The summed E-state index contributed by atoms with van der Waals surface area (Å²) in [5.41, 5.74) is 0. The van der Waals surface area contributed by atoms with Crippen molar-refractivity contribution in [3.05, 3.63) is 11.4 Å². The van der Waals surface area contributed by atoms with Gasteiger partial charge >= 0.3 is 5.97 Å². The highest BCUT2D eigenvalue weighted by Crippen LogP contribution is 2.29. The highest BCUT2D eigenvalue weighted by atomic mass is 32.2. The number of thiophene rings is 1. The van der Waals surface area contributed by atoms with Crippen LogP contribution in [-0.2, 0) is 4.79 Å². The molecule has 2 rings (SSSR count). The third-order valence-corrected chi connectivity index (χ3v) is 3.58. The number of hydrogen-bond donors (Lipinski definition) is 2. The van der Waals surface area contributed by atoms with E-state index in [1.54, 1.807) is 7.11 Å². The summed E-state index contributed by atoms with van der Waals surface area (Å²) in [6.45, 7) is 0. The number of nitrogens with zero attached hydrogens (tertiary/aromatic N) is 2. The number of thioether (sulfide) groups is 1. The SMILES string of the molecule is COc1csc(-c2nc(SCC(=O)O)n[nH]2)c1. The van der Waals surface area contributed by atoms with E-state index in [9.17, 15) is 4.79 Å². The second-order valence-corrected chi connectivity index (χ2v) is 4.85. The zero-order valence-electron chi connectivity index (χ0n) is 8.84. The lowest BCUT2D eigenvalue weighted by Gasteiger charge is -1.90. The number of rotatable bonds is 5. The molecule has 2 N–H and O–H groups in total. The minimum Gasteiger partial charge on any atom is -0.496 e. The molecule has 0 radical (unpaired) electrons. The van der Waals surface area contributed by atoms with E-state index in [1.165, 1.54) is 11.3 Å². The summed E-state index contributed by atoms with van der Waals surface area (Å²) in [4.78, 5) is 15.5. The molecule has 0 saturated heterocycles. The van der Waals surface area contributed by atoms with Crippen molar-refractivity contribution in [3.8, 4) is 16.5 Å². The van der Waals surface area contributed by atoms with Gasteiger partial charge in [0, 0.05) is 11.4 Å². The Hall–Kier alpha value is -1.54. The molecule has 0 aliphatic rings. The predicted octanol–water partition coefficient (Wildman–Crippen LogP) is 1.72.